The van der Waals surface area contributed by atoms with E-state index in [0.717, 1.165) is 5.39 Å². The van der Waals surface area contributed by atoms with E-state index >= 15 is 0 Å². The van der Waals surface area contributed by atoms with Gasteiger partial charge in [0.05, 0.1) is 12.5 Å². The SMILES string of the molecule is CC(C)N(CCC#N)C(=O)Cn1ccc2ccccc2c1=O. The number of hydrogen-bond donors (Lipinski definition) is 0. The Hall–Kier alpha value is -2.61. The summed E-state index contributed by atoms with van der Waals surface area (Å²) in [7, 11) is 0. The van der Waals surface area contributed by atoms with Crippen LogP contribution in [0.25, 0.3) is 10.8 Å². The van der Waals surface area contributed by atoms with Gasteiger partial charge in [0.1, 0.15) is 6.54 Å². The Morgan fingerprint density at radius 3 is 2.73 bits per heavy atom. The van der Waals surface area contributed by atoms with Crippen molar-refractivity contribution in [3.05, 3.63) is 46.9 Å². The molecule has 0 fully saturated rings. The fourth-order valence-electron chi connectivity index (χ4n) is 2.43. The molecule has 0 radical (unpaired) electrons. The molecule has 0 spiro atoms. The maximum atomic E-state index is 12.4. The molecule has 22 heavy (non-hydrogen) atoms. The Labute approximate surface area is 129 Å². The van der Waals surface area contributed by atoms with Crippen LogP contribution in [0.1, 0.15) is 20.3 Å². The third kappa shape index (κ3) is 3.34. The van der Waals surface area contributed by atoms with Crippen molar-refractivity contribution in [3.63, 3.8) is 0 Å². The molecule has 2 aromatic rings. The van der Waals surface area contributed by atoms with E-state index in [-0.39, 0.29) is 30.5 Å². The molecule has 5 nitrogen and oxygen atoms in total. The average molecular weight is 297 g/mol. The van der Waals surface area contributed by atoms with Gasteiger partial charge in [-0.25, -0.2) is 0 Å². The van der Waals surface area contributed by atoms with Gasteiger partial charge in [-0.3, -0.25) is 9.59 Å². The summed E-state index contributed by atoms with van der Waals surface area (Å²) in [6, 6.07) is 11.2. The Morgan fingerprint density at radius 2 is 2.05 bits per heavy atom. The first-order valence-electron chi connectivity index (χ1n) is 7.29. The number of pyridine rings is 1. The summed E-state index contributed by atoms with van der Waals surface area (Å²) in [6.07, 6.45) is 1.93. The molecule has 2 rings (SSSR count). The summed E-state index contributed by atoms with van der Waals surface area (Å²) in [6.45, 7) is 4.18. The fourth-order valence-corrected chi connectivity index (χ4v) is 2.43. The van der Waals surface area contributed by atoms with Crippen LogP contribution < -0.4 is 5.56 Å². The molecule has 0 saturated heterocycles. The minimum atomic E-state index is -0.171. The second-order valence-electron chi connectivity index (χ2n) is 5.43. The normalized spacial score (nSPS) is 10.6. The summed E-state index contributed by atoms with van der Waals surface area (Å²) >= 11 is 0. The van der Waals surface area contributed by atoms with E-state index in [1.807, 2.05) is 44.2 Å². The lowest BCUT2D eigenvalue weighted by molar-refractivity contribution is -0.133. The predicted octanol–water partition coefficient (Wildman–Crippen LogP) is 2.15. The van der Waals surface area contributed by atoms with Gasteiger partial charge in [-0.1, -0.05) is 18.2 Å². The zero-order chi connectivity index (χ0) is 16.1. The Bertz CT molecular complexity index is 771. The molecule has 0 atom stereocenters. The molecule has 0 saturated carbocycles. The van der Waals surface area contributed by atoms with Crippen LogP contribution in [0.5, 0.6) is 0 Å². The van der Waals surface area contributed by atoms with Gasteiger partial charge in [-0.05, 0) is 31.4 Å². The van der Waals surface area contributed by atoms with Crippen LogP contribution in [0, 0.1) is 11.3 Å². The first-order valence-corrected chi connectivity index (χ1v) is 7.29. The molecular formula is C17H19N3O2. The van der Waals surface area contributed by atoms with Crippen molar-refractivity contribution >= 4 is 16.7 Å². The number of rotatable bonds is 5. The van der Waals surface area contributed by atoms with Crippen LogP contribution in [0.4, 0.5) is 0 Å². The lowest BCUT2D eigenvalue weighted by Gasteiger charge is -2.26. The van der Waals surface area contributed by atoms with Gasteiger partial charge in [0.2, 0.25) is 5.91 Å². The van der Waals surface area contributed by atoms with E-state index in [1.54, 1.807) is 17.2 Å². The van der Waals surface area contributed by atoms with Crippen molar-refractivity contribution in [2.45, 2.75) is 32.9 Å². The number of benzene rings is 1. The van der Waals surface area contributed by atoms with E-state index in [9.17, 15) is 9.59 Å². The third-order valence-corrected chi connectivity index (χ3v) is 3.60. The van der Waals surface area contributed by atoms with Gasteiger partial charge < -0.3 is 9.47 Å². The van der Waals surface area contributed by atoms with Gasteiger partial charge in [0, 0.05) is 24.2 Å². The predicted molar refractivity (Wildman–Crippen MR) is 85.3 cm³/mol. The number of hydrogen-bond acceptors (Lipinski definition) is 3. The number of carbonyl (C=O) groups excluding carboxylic acids is 1. The molecular weight excluding hydrogens is 278 g/mol. The minimum absolute atomic E-state index is 0.00277. The molecule has 0 aliphatic heterocycles. The Kier molecular flexibility index (Phi) is 4.95. The second kappa shape index (κ2) is 6.90. The van der Waals surface area contributed by atoms with Crippen LogP contribution in [0.3, 0.4) is 0 Å². The monoisotopic (exact) mass is 297 g/mol. The molecule has 0 aliphatic carbocycles. The smallest absolute Gasteiger partial charge is 0.258 e. The highest BCUT2D eigenvalue weighted by Crippen LogP contribution is 2.09. The highest BCUT2D eigenvalue weighted by molar-refractivity contribution is 5.82. The summed E-state index contributed by atoms with van der Waals surface area (Å²) in [4.78, 5) is 26.4. The number of amides is 1. The van der Waals surface area contributed by atoms with Gasteiger partial charge in [-0.15, -0.1) is 0 Å². The van der Waals surface area contributed by atoms with Gasteiger partial charge in [0.15, 0.2) is 0 Å². The van der Waals surface area contributed by atoms with Crippen molar-refractivity contribution in [1.29, 1.82) is 5.26 Å². The highest BCUT2D eigenvalue weighted by Gasteiger charge is 2.17. The first kappa shape index (κ1) is 15.8. The van der Waals surface area contributed by atoms with Crippen LogP contribution in [-0.4, -0.2) is 28.0 Å². The average Bonchev–Trinajstić information content (AvgIpc) is 2.50. The van der Waals surface area contributed by atoms with Crippen molar-refractivity contribution in [1.82, 2.24) is 9.47 Å². The molecule has 5 heteroatoms. The van der Waals surface area contributed by atoms with Gasteiger partial charge >= 0.3 is 0 Å². The summed E-state index contributed by atoms with van der Waals surface area (Å²) in [5, 5.41) is 10.2. The Morgan fingerprint density at radius 1 is 1.32 bits per heavy atom. The summed E-state index contributed by atoms with van der Waals surface area (Å²) in [5.41, 5.74) is -0.171. The number of fused-ring (bicyclic) bond motifs is 1. The largest absolute Gasteiger partial charge is 0.338 e. The molecule has 1 amide bonds. The van der Waals surface area contributed by atoms with Crippen molar-refractivity contribution in [2.24, 2.45) is 0 Å². The maximum Gasteiger partial charge on any atom is 0.258 e. The van der Waals surface area contributed by atoms with E-state index in [1.165, 1.54) is 4.57 Å². The van der Waals surface area contributed by atoms with E-state index in [0.29, 0.717) is 11.9 Å². The van der Waals surface area contributed by atoms with E-state index in [4.69, 9.17) is 5.26 Å². The molecule has 0 aliphatic rings. The Balaban J connectivity index is 2.26. The van der Waals surface area contributed by atoms with Gasteiger partial charge in [-0.2, -0.15) is 5.26 Å². The zero-order valence-corrected chi connectivity index (χ0v) is 12.8. The molecule has 0 N–H and O–H groups in total. The lowest BCUT2D eigenvalue weighted by atomic mass is 10.2. The van der Waals surface area contributed by atoms with Crippen LogP contribution >= 0.6 is 0 Å². The van der Waals surface area contributed by atoms with Crippen LogP contribution in [-0.2, 0) is 11.3 Å². The van der Waals surface area contributed by atoms with E-state index in [2.05, 4.69) is 0 Å². The summed E-state index contributed by atoms with van der Waals surface area (Å²) < 4.78 is 1.42. The summed E-state index contributed by atoms with van der Waals surface area (Å²) in [5.74, 6) is -0.150. The second-order valence-corrected chi connectivity index (χ2v) is 5.43. The quantitative estimate of drug-likeness (QED) is 0.849. The fraction of sp³-hybridized carbons (Fsp3) is 0.353. The van der Waals surface area contributed by atoms with Gasteiger partial charge in [0.25, 0.3) is 5.56 Å². The minimum Gasteiger partial charge on any atom is -0.338 e. The van der Waals surface area contributed by atoms with Crippen molar-refractivity contribution in [3.8, 4) is 6.07 Å². The molecule has 1 heterocycles. The number of nitriles is 1. The number of nitrogens with zero attached hydrogens (tertiary/aromatic N) is 3. The maximum absolute atomic E-state index is 12.4. The third-order valence-electron chi connectivity index (χ3n) is 3.60. The number of aromatic nitrogens is 1. The molecule has 114 valence electrons. The molecule has 1 aromatic carbocycles. The number of carbonyl (C=O) groups is 1. The van der Waals surface area contributed by atoms with E-state index < -0.39 is 0 Å². The molecule has 1 aromatic heterocycles. The molecule has 0 unspecified atom stereocenters. The highest BCUT2D eigenvalue weighted by atomic mass is 16.2. The van der Waals surface area contributed by atoms with Crippen LogP contribution in [0.2, 0.25) is 0 Å². The lowest BCUT2D eigenvalue weighted by Crippen LogP contribution is -2.41. The van der Waals surface area contributed by atoms with Crippen molar-refractivity contribution in [2.75, 3.05) is 6.54 Å². The van der Waals surface area contributed by atoms with Crippen LogP contribution in [0.15, 0.2) is 41.3 Å². The first-order chi connectivity index (χ1) is 10.5. The standard InChI is InChI=1S/C17H19N3O2/c1-13(2)20(10-5-9-18)16(21)12-19-11-8-14-6-3-4-7-15(14)17(19)22/h3-4,6-8,11,13H,5,10,12H2,1-2H3. The zero-order valence-electron chi connectivity index (χ0n) is 12.8. The molecule has 0 bridgehead atoms. The van der Waals surface area contributed by atoms with Crippen molar-refractivity contribution < 1.29 is 4.79 Å². The topological polar surface area (TPSA) is 66.1 Å².